The number of hydrogen-bond donors (Lipinski definition) is 2. The zero-order valence-corrected chi connectivity index (χ0v) is 11.5. The Morgan fingerprint density at radius 1 is 1.44 bits per heavy atom. The second kappa shape index (κ2) is 6.08. The maximum atomic E-state index is 12.0. The van der Waals surface area contributed by atoms with Gasteiger partial charge in [-0.25, -0.2) is 4.79 Å². The fourth-order valence-corrected chi connectivity index (χ4v) is 3.33. The molecular formula is C11H18N2O4S. The summed E-state index contributed by atoms with van der Waals surface area (Å²) in [5, 5.41) is 11.4. The molecule has 2 atom stereocenters. The molecule has 2 N–H and O–H groups in total. The van der Waals surface area contributed by atoms with E-state index in [0.717, 1.165) is 0 Å². The van der Waals surface area contributed by atoms with Gasteiger partial charge >= 0.3 is 5.97 Å². The molecular weight excluding hydrogens is 256 g/mol. The molecule has 18 heavy (non-hydrogen) atoms. The Kier molecular flexibility index (Phi) is 5.01. The maximum Gasteiger partial charge on any atom is 0.327 e. The van der Waals surface area contributed by atoms with Crippen LogP contribution in [0.1, 0.15) is 20.8 Å². The number of rotatable bonds is 4. The fraction of sp³-hybridized carbons (Fsp3) is 0.727. The largest absolute Gasteiger partial charge is 0.480 e. The summed E-state index contributed by atoms with van der Waals surface area (Å²) in [6.07, 6.45) is 0. The number of hydrogen-bond acceptors (Lipinski definition) is 4. The predicted molar refractivity (Wildman–Crippen MR) is 68.0 cm³/mol. The molecule has 6 nitrogen and oxygen atoms in total. The van der Waals surface area contributed by atoms with E-state index in [1.54, 1.807) is 0 Å². The van der Waals surface area contributed by atoms with Gasteiger partial charge in [-0.05, 0) is 5.92 Å². The third-order valence-electron chi connectivity index (χ3n) is 2.67. The number of carboxylic acid groups (broad SMARTS) is 1. The topological polar surface area (TPSA) is 86.7 Å². The van der Waals surface area contributed by atoms with Crippen LogP contribution >= 0.6 is 11.8 Å². The van der Waals surface area contributed by atoms with Gasteiger partial charge in [0.2, 0.25) is 11.8 Å². The summed E-state index contributed by atoms with van der Waals surface area (Å²) >= 11 is 1.47. The van der Waals surface area contributed by atoms with Gasteiger partial charge in [-0.15, -0.1) is 11.8 Å². The first-order chi connectivity index (χ1) is 8.34. The van der Waals surface area contributed by atoms with Crippen LogP contribution in [0.5, 0.6) is 0 Å². The van der Waals surface area contributed by atoms with Crippen molar-refractivity contribution in [1.82, 2.24) is 10.2 Å². The monoisotopic (exact) mass is 274 g/mol. The lowest BCUT2D eigenvalue weighted by Gasteiger charge is -2.29. The summed E-state index contributed by atoms with van der Waals surface area (Å²) in [4.78, 5) is 35.3. The van der Waals surface area contributed by atoms with E-state index in [2.05, 4.69) is 5.32 Å². The molecule has 0 aliphatic carbocycles. The number of thioether (sulfide) groups is 1. The Bertz CT molecular complexity index is 359. The third kappa shape index (κ3) is 3.38. The second-order valence-corrected chi connectivity index (χ2v) is 5.68. The van der Waals surface area contributed by atoms with Crippen LogP contribution < -0.4 is 5.32 Å². The summed E-state index contributed by atoms with van der Waals surface area (Å²) in [5.74, 6) is -1.09. The van der Waals surface area contributed by atoms with Gasteiger partial charge in [-0.1, -0.05) is 13.8 Å². The first-order valence-corrected chi connectivity index (χ1v) is 6.79. The molecule has 1 rings (SSSR count). The number of nitrogens with one attached hydrogen (secondary N) is 1. The summed E-state index contributed by atoms with van der Waals surface area (Å²) < 4.78 is 0. The molecule has 2 amide bonds. The lowest BCUT2D eigenvalue weighted by atomic mass is 10.1. The molecule has 0 bridgehead atoms. The Labute approximate surface area is 110 Å². The SMILES string of the molecule is CC(=O)NCC(=O)N1C(C(=O)O)CSC1C(C)C. The van der Waals surface area contributed by atoms with Crippen LogP contribution in [0.2, 0.25) is 0 Å². The highest BCUT2D eigenvalue weighted by Crippen LogP contribution is 2.33. The van der Waals surface area contributed by atoms with Crippen LogP contribution in [0.4, 0.5) is 0 Å². The first kappa shape index (κ1) is 14.8. The average Bonchev–Trinajstić information content (AvgIpc) is 2.70. The molecule has 0 spiro atoms. The number of carbonyl (C=O) groups excluding carboxylic acids is 2. The van der Waals surface area contributed by atoms with E-state index in [1.165, 1.54) is 23.6 Å². The van der Waals surface area contributed by atoms with Gasteiger partial charge in [0, 0.05) is 12.7 Å². The molecule has 102 valence electrons. The lowest BCUT2D eigenvalue weighted by molar-refractivity contribution is -0.149. The molecule has 7 heteroatoms. The molecule has 0 aromatic heterocycles. The zero-order valence-electron chi connectivity index (χ0n) is 10.7. The molecule has 0 saturated carbocycles. The Morgan fingerprint density at radius 2 is 2.06 bits per heavy atom. The molecule has 0 aromatic rings. The van der Waals surface area contributed by atoms with Gasteiger partial charge in [0.05, 0.1) is 11.9 Å². The van der Waals surface area contributed by atoms with Crippen molar-refractivity contribution in [2.45, 2.75) is 32.2 Å². The van der Waals surface area contributed by atoms with Crippen LogP contribution in [0.15, 0.2) is 0 Å². The minimum absolute atomic E-state index is 0.146. The zero-order chi connectivity index (χ0) is 13.9. The number of nitrogens with zero attached hydrogens (tertiary/aromatic N) is 1. The van der Waals surface area contributed by atoms with Crippen molar-refractivity contribution in [3.63, 3.8) is 0 Å². The molecule has 0 radical (unpaired) electrons. The number of amides is 2. The lowest BCUT2D eigenvalue weighted by Crippen LogP contribution is -2.50. The average molecular weight is 274 g/mol. The van der Waals surface area contributed by atoms with E-state index in [9.17, 15) is 14.4 Å². The van der Waals surface area contributed by atoms with Crippen LogP contribution in [-0.2, 0) is 14.4 Å². The molecule has 2 unspecified atom stereocenters. The maximum absolute atomic E-state index is 12.0. The molecule has 1 heterocycles. The van der Waals surface area contributed by atoms with Crippen molar-refractivity contribution in [2.75, 3.05) is 12.3 Å². The van der Waals surface area contributed by atoms with E-state index < -0.39 is 12.0 Å². The van der Waals surface area contributed by atoms with Crippen molar-refractivity contribution >= 4 is 29.5 Å². The van der Waals surface area contributed by atoms with Crippen molar-refractivity contribution in [2.24, 2.45) is 5.92 Å². The number of aliphatic carboxylic acids is 1. The normalized spacial score (nSPS) is 23.2. The Hall–Kier alpha value is -1.24. The molecule has 1 fully saturated rings. The van der Waals surface area contributed by atoms with Crippen molar-refractivity contribution in [1.29, 1.82) is 0 Å². The fourth-order valence-electron chi connectivity index (χ4n) is 1.84. The van der Waals surface area contributed by atoms with E-state index in [0.29, 0.717) is 5.75 Å². The van der Waals surface area contributed by atoms with Crippen LogP contribution in [-0.4, -0.2) is 51.5 Å². The summed E-state index contributed by atoms with van der Waals surface area (Å²) in [6, 6.07) is -0.802. The van der Waals surface area contributed by atoms with Gasteiger partial charge in [0.25, 0.3) is 0 Å². The molecule has 1 aliphatic rings. The van der Waals surface area contributed by atoms with E-state index in [1.807, 2.05) is 13.8 Å². The Morgan fingerprint density at radius 3 is 2.50 bits per heavy atom. The van der Waals surface area contributed by atoms with E-state index >= 15 is 0 Å². The van der Waals surface area contributed by atoms with Crippen LogP contribution in [0.25, 0.3) is 0 Å². The van der Waals surface area contributed by atoms with Gasteiger partial charge in [0.1, 0.15) is 6.04 Å². The smallest absolute Gasteiger partial charge is 0.327 e. The highest BCUT2D eigenvalue weighted by atomic mass is 32.2. The molecule has 0 aromatic carbocycles. The third-order valence-corrected chi connectivity index (χ3v) is 4.29. The predicted octanol–water partition coefficient (Wildman–Crippen LogP) is 0.133. The van der Waals surface area contributed by atoms with Gasteiger partial charge in [0.15, 0.2) is 0 Å². The van der Waals surface area contributed by atoms with E-state index in [-0.39, 0.29) is 29.7 Å². The van der Waals surface area contributed by atoms with Gasteiger partial charge < -0.3 is 15.3 Å². The summed E-state index contributed by atoms with van der Waals surface area (Å²) in [7, 11) is 0. The van der Waals surface area contributed by atoms with Crippen molar-refractivity contribution in [3.05, 3.63) is 0 Å². The highest BCUT2D eigenvalue weighted by molar-refractivity contribution is 8.00. The number of carboxylic acids is 1. The quantitative estimate of drug-likeness (QED) is 0.761. The molecule has 1 saturated heterocycles. The van der Waals surface area contributed by atoms with Crippen molar-refractivity contribution < 1.29 is 19.5 Å². The van der Waals surface area contributed by atoms with Gasteiger partial charge in [-0.3, -0.25) is 9.59 Å². The van der Waals surface area contributed by atoms with Crippen LogP contribution in [0.3, 0.4) is 0 Å². The molecule has 1 aliphatic heterocycles. The Balaban J connectivity index is 2.79. The van der Waals surface area contributed by atoms with Gasteiger partial charge in [-0.2, -0.15) is 0 Å². The van der Waals surface area contributed by atoms with E-state index in [4.69, 9.17) is 5.11 Å². The second-order valence-electron chi connectivity index (χ2n) is 4.53. The standard InChI is InChI=1S/C11H18N2O4S/c1-6(2)10-13(8(5-18-10)11(16)17)9(15)4-12-7(3)14/h6,8,10H,4-5H2,1-3H3,(H,12,14)(H,16,17). The van der Waals surface area contributed by atoms with Crippen LogP contribution in [0, 0.1) is 5.92 Å². The minimum atomic E-state index is -0.998. The summed E-state index contributed by atoms with van der Waals surface area (Å²) in [6.45, 7) is 5.06. The highest BCUT2D eigenvalue weighted by Gasteiger charge is 2.42. The summed E-state index contributed by atoms with van der Waals surface area (Å²) in [5.41, 5.74) is 0. The number of carbonyl (C=O) groups is 3. The van der Waals surface area contributed by atoms with Crippen molar-refractivity contribution in [3.8, 4) is 0 Å². The first-order valence-electron chi connectivity index (χ1n) is 5.74. The minimum Gasteiger partial charge on any atom is -0.480 e.